The molecule has 21 heavy (non-hydrogen) atoms. The number of anilines is 1. The number of rotatable bonds is 4. The van der Waals surface area contributed by atoms with Crippen LogP contribution in [0.15, 0.2) is 53.1 Å². The molecule has 3 rings (SSSR count). The van der Waals surface area contributed by atoms with Gasteiger partial charge in [0.15, 0.2) is 5.76 Å². The second kappa shape index (κ2) is 5.66. The molecule has 0 spiro atoms. The van der Waals surface area contributed by atoms with Gasteiger partial charge in [-0.05, 0) is 49.4 Å². The van der Waals surface area contributed by atoms with Gasteiger partial charge in [0.2, 0.25) is 5.95 Å². The number of aromatic nitrogens is 2. The lowest BCUT2D eigenvalue weighted by Gasteiger charge is -2.06. The molecule has 0 radical (unpaired) electrons. The zero-order chi connectivity index (χ0) is 14.7. The highest BCUT2D eigenvalue weighted by atomic mass is 16.5. The molecular weight excluding hydrogens is 266 g/mol. The molecule has 3 aromatic rings. The van der Waals surface area contributed by atoms with E-state index in [0.29, 0.717) is 18.1 Å². The average molecular weight is 281 g/mol. The van der Waals surface area contributed by atoms with Gasteiger partial charge in [-0.15, -0.1) is 0 Å². The van der Waals surface area contributed by atoms with E-state index in [2.05, 4.69) is 9.97 Å². The van der Waals surface area contributed by atoms with Gasteiger partial charge >= 0.3 is 0 Å². The third kappa shape index (κ3) is 2.86. The van der Waals surface area contributed by atoms with Crippen LogP contribution in [0.25, 0.3) is 22.7 Å². The van der Waals surface area contributed by atoms with Crippen LogP contribution in [0.1, 0.15) is 6.92 Å². The standard InChI is InChI=1S/C16H15N3O2/c1-2-20-12-7-5-11(6-8-12)13-10-14(19-16(17)18-13)15-4-3-9-21-15/h3-10H,2H2,1H3,(H2,17,18,19). The Morgan fingerprint density at radius 1 is 1.10 bits per heavy atom. The van der Waals surface area contributed by atoms with Crippen molar-refractivity contribution >= 4 is 5.95 Å². The number of hydrogen-bond donors (Lipinski definition) is 1. The second-order valence-corrected chi connectivity index (χ2v) is 4.43. The predicted molar refractivity (Wildman–Crippen MR) is 80.8 cm³/mol. The lowest BCUT2D eigenvalue weighted by molar-refractivity contribution is 0.340. The molecule has 0 saturated carbocycles. The van der Waals surface area contributed by atoms with Crippen LogP contribution in [0.3, 0.4) is 0 Å². The number of nitrogen functional groups attached to an aromatic ring is 1. The summed E-state index contributed by atoms with van der Waals surface area (Å²) in [6, 6.07) is 13.2. The molecular formula is C16H15N3O2. The predicted octanol–water partition coefficient (Wildman–Crippen LogP) is 3.38. The van der Waals surface area contributed by atoms with Crippen molar-refractivity contribution in [3.05, 3.63) is 48.7 Å². The first-order valence-corrected chi connectivity index (χ1v) is 6.68. The number of hydrogen-bond acceptors (Lipinski definition) is 5. The van der Waals surface area contributed by atoms with Crippen molar-refractivity contribution in [2.75, 3.05) is 12.3 Å². The first kappa shape index (κ1) is 13.2. The van der Waals surface area contributed by atoms with E-state index in [9.17, 15) is 0 Å². The minimum absolute atomic E-state index is 0.216. The Hall–Kier alpha value is -2.82. The summed E-state index contributed by atoms with van der Waals surface area (Å²) in [6.07, 6.45) is 1.60. The number of nitrogens with zero attached hydrogens (tertiary/aromatic N) is 2. The molecule has 0 unspecified atom stereocenters. The Kier molecular flexibility index (Phi) is 3.55. The zero-order valence-corrected chi connectivity index (χ0v) is 11.6. The highest BCUT2D eigenvalue weighted by molar-refractivity contribution is 5.67. The Labute approximate surface area is 122 Å². The fourth-order valence-corrected chi connectivity index (χ4v) is 2.05. The number of ether oxygens (including phenoxy) is 1. The van der Waals surface area contributed by atoms with Crippen molar-refractivity contribution in [1.29, 1.82) is 0 Å². The maximum absolute atomic E-state index is 5.79. The highest BCUT2D eigenvalue weighted by Crippen LogP contribution is 2.26. The molecule has 2 heterocycles. The smallest absolute Gasteiger partial charge is 0.221 e. The lowest BCUT2D eigenvalue weighted by Crippen LogP contribution is -1.98. The van der Waals surface area contributed by atoms with Gasteiger partial charge in [-0.3, -0.25) is 0 Å². The van der Waals surface area contributed by atoms with E-state index in [0.717, 1.165) is 17.0 Å². The Morgan fingerprint density at radius 3 is 2.52 bits per heavy atom. The van der Waals surface area contributed by atoms with E-state index >= 15 is 0 Å². The number of benzene rings is 1. The van der Waals surface area contributed by atoms with Crippen LogP contribution in [0.5, 0.6) is 5.75 Å². The molecule has 0 atom stereocenters. The van der Waals surface area contributed by atoms with Crippen molar-refractivity contribution in [3.8, 4) is 28.5 Å². The highest BCUT2D eigenvalue weighted by Gasteiger charge is 2.09. The van der Waals surface area contributed by atoms with Gasteiger partial charge < -0.3 is 14.9 Å². The second-order valence-electron chi connectivity index (χ2n) is 4.43. The van der Waals surface area contributed by atoms with Crippen molar-refractivity contribution in [2.45, 2.75) is 6.92 Å². The quantitative estimate of drug-likeness (QED) is 0.793. The van der Waals surface area contributed by atoms with Crippen LogP contribution < -0.4 is 10.5 Å². The maximum Gasteiger partial charge on any atom is 0.221 e. The van der Waals surface area contributed by atoms with Crippen LogP contribution in [0.2, 0.25) is 0 Å². The van der Waals surface area contributed by atoms with E-state index in [4.69, 9.17) is 14.9 Å². The molecule has 2 N–H and O–H groups in total. The topological polar surface area (TPSA) is 74.2 Å². The lowest BCUT2D eigenvalue weighted by atomic mass is 10.1. The van der Waals surface area contributed by atoms with E-state index in [1.807, 2.05) is 49.4 Å². The Morgan fingerprint density at radius 2 is 1.86 bits per heavy atom. The molecule has 0 amide bonds. The van der Waals surface area contributed by atoms with Crippen molar-refractivity contribution in [2.24, 2.45) is 0 Å². The van der Waals surface area contributed by atoms with Gasteiger partial charge in [-0.25, -0.2) is 9.97 Å². The normalized spacial score (nSPS) is 10.5. The van der Waals surface area contributed by atoms with E-state index in [1.54, 1.807) is 6.26 Å². The third-order valence-corrected chi connectivity index (χ3v) is 2.98. The molecule has 0 bridgehead atoms. The Balaban J connectivity index is 1.98. The molecule has 0 aliphatic carbocycles. The van der Waals surface area contributed by atoms with E-state index < -0.39 is 0 Å². The van der Waals surface area contributed by atoms with Crippen molar-refractivity contribution in [1.82, 2.24) is 9.97 Å². The van der Waals surface area contributed by atoms with E-state index in [-0.39, 0.29) is 5.95 Å². The molecule has 0 saturated heterocycles. The maximum atomic E-state index is 5.79. The van der Waals surface area contributed by atoms with Gasteiger partial charge in [0.05, 0.1) is 18.6 Å². The van der Waals surface area contributed by atoms with Crippen LogP contribution >= 0.6 is 0 Å². The summed E-state index contributed by atoms with van der Waals surface area (Å²) in [5, 5.41) is 0. The largest absolute Gasteiger partial charge is 0.494 e. The van der Waals surface area contributed by atoms with Crippen LogP contribution in [0, 0.1) is 0 Å². The third-order valence-electron chi connectivity index (χ3n) is 2.98. The number of furan rings is 1. The van der Waals surface area contributed by atoms with Gasteiger partial charge in [-0.1, -0.05) is 0 Å². The van der Waals surface area contributed by atoms with Gasteiger partial charge in [-0.2, -0.15) is 0 Å². The molecule has 106 valence electrons. The summed E-state index contributed by atoms with van der Waals surface area (Å²) in [5.74, 6) is 1.71. The summed E-state index contributed by atoms with van der Waals surface area (Å²) in [4.78, 5) is 8.47. The summed E-state index contributed by atoms with van der Waals surface area (Å²) < 4.78 is 10.8. The van der Waals surface area contributed by atoms with Crippen LogP contribution in [-0.4, -0.2) is 16.6 Å². The monoisotopic (exact) mass is 281 g/mol. The first-order valence-electron chi connectivity index (χ1n) is 6.68. The van der Waals surface area contributed by atoms with E-state index in [1.165, 1.54) is 0 Å². The number of nitrogens with two attached hydrogens (primary N) is 1. The molecule has 5 nitrogen and oxygen atoms in total. The van der Waals surface area contributed by atoms with Gasteiger partial charge in [0, 0.05) is 5.56 Å². The zero-order valence-electron chi connectivity index (χ0n) is 11.6. The van der Waals surface area contributed by atoms with Crippen LogP contribution in [0.4, 0.5) is 5.95 Å². The fourth-order valence-electron chi connectivity index (χ4n) is 2.05. The minimum atomic E-state index is 0.216. The molecule has 1 aromatic carbocycles. The molecule has 0 aliphatic rings. The Bertz CT molecular complexity index is 722. The summed E-state index contributed by atoms with van der Waals surface area (Å²) in [7, 11) is 0. The van der Waals surface area contributed by atoms with Crippen molar-refractivity contribution < 1.29 is 9.15 Å². The summed E-state index contributed by atoms with van der Waals surface area (Å²) in [6.45, 7) is 2.59. The van der Waals surface area contributed by atoms with Crippen molar-refractivity contribution in [3.63, 3.8) is 0 Å². The molecule has 0 fully saturated rings. The molecule has 2 aromatic heterocycles. The first-order chi connectivity index (χ1) is 10.3. The summed E-state index contributed by atoms with van der Waals surface area (Å²) >= 11 is 0. The molecule has 5 heteroatoms. The van der Waals surface area contributed by atoms with Gasteiger partial charge in [0.25, 0.3) is 0 Å². The average Bonchev–Trinajstić information content (AvgIpc) is 3.02. The minimum Gasteiger partial charge on any atom is -0.494 e. The fraction of sp³-hybridized carbons (Fsp3) is 0.125. The SMILES string of the molecule is CCOc1ccc(-c2cc(-c3ccco3)nc(N)n2)cc1. The summed E-state index contributed by atoms with van der Waals surface area (Å²) in [5.41, 5.74) is 8.15. The molecule has 0 aliphatic heterocycles. The van der Waals surface area contributed by atoms with Gasteiger partial charge in [0.1, 0.15) is 11.4 Å². The van der Waals surface area contributed by atoms with Crippen LogP contribution in [-0.2, 0) is 0 Å².